The number of hydrogen-bond acceptors (Lipinski definition) is 13. The Kier molecular flexibility index (Phi) is 27.5. The Balaban J connectivity index is 0.000000193. The lowest BCUT2D eigenvalue weighted by Crippen LogP contribution is -2.37. The lowest BCUT2D eigenvalue weighted by Gasteiger charge is -2.26. The zero-order valence-corrected chi connectivity index (χ0v) is 68.4. The van der Waals surface area contributed by atoms with Crippen LogP contribution in [-0.4, -0.2) is 46.1 Å². The van der Waals surface area contributed by atoms with Crippen molar-refractivity contribution in [1.82, 2.24) is 5.32 Å². The van der Waals surface area contributed by atoms with E-state index in [0.717, 1.165) is 36.4 Å². The molecule has 0 saturated carbocycles. The lowest BCUT2D eigenvalue weighted by molar-refractivity contribution is -0.144. The number of rotatable bonds is 10. The number of nitrogens with zero attached hydrogens (tertiary/aromatic N) is 3. The molecule has 0 unspecified atom stereocenters. The fraction of sp³-hybridized carbons (Fsp3) is 0.221. The summed E-state index contributed by atoms with van der Waals surface area (Å²) in [4.78, 5) is 62.8. The number of hydrogen-bond donors (Lipinski definition) is 4. The van der Waals surface area contributed by atoms with Crippen LogP contribution in [0.4, 0.5) is 100.0 Å². The molecule has 0 aromatic heterocycles. The van der Waals surface area contributed by atoms with E-state index in [2.05, 4.69) is 52.8 Å². The van der Waals surface area contributed by atoms with Gasteiger partial charge in [-0.2, -0.15) is 94.5 Å². The molecule has 0 spiro atoms. The van der Waals surface area contributed by atoms with E-state index in [0.29, 0.717) is 85.4 Å². The van der Waals surface area contributed by atoms with Crippen LogP contribution in [0.15, 0.2) is 219 Å². The van der Waals surface area contributed by atoms with Gasteiger partial charge in [0, 0.05) is 90.2 Å². The van der Waals surface area contributed by atoms with E-state index >= 15 is 0 Å². The van der Waals surface area contributed by atoms with Gasteiger partial charge >= 0.3 is 57.1 Å². The largest absolute Gasteiger partial charge is 0.584 e. The maximum atomic E-state index is 14.0. The number of phosphoric acid groups is 1. The molecule has 1 aliphatic heterocycles. The van der Waals surface area contributed by atoms with Crippen molar-refractivity contribution in [3.05, 3.63) is 270 Å². The van der Waals surface area contributed by atoms with E-state index in [1.54, 1.807) is 84.0 Å². The van der Waals surface area contributed by atoms with Gasteiger partial charge in [-0.25, -0.2) is 14.2 Å². The maximum absolute atomic E-state index is 14.0. The summed E-state index contributed by atoms with van der Waals surface area (Å²) in [7, 11) is -5.61. The molecule has 123 heavy (non-hydrogen) atoms. The Morgan fingerprint density at radius 2 is 0.935 bits per heavy atom. The van der Waals surface area contributed by atoms with Crippen molar-refractivity contribution < 1.29 is 126 Å². The maximum Gasteiger partial charge on any atom is 0.584 e. The lowest BCUT2D eigenvalue weighted by atomic mass is 9.85. The van der Waals surface area contributed by atoms with Crippen LogP contribution < -0.4 is 25.0 Å². The van der Waals surface area contributed by atoms with Gasteiger partial charge in [0.2, 0.25) is 0 Å². The molecular formula is C86H63Br2F18N6O10P. The summed E-state index contributed by atoms with van der Waals surface area (Å²) in [5.74, 6) is -1.76. The second-order valence-corrected chi connectivity index (χ2v) is 32.3. The molecule has 0 fully saturated rings. The van der Waals surface area contributed by atoms with Gasteiger partial charge in [0.05, 0.1) is 62.7 Å². The Morgan fingerprint density at radius 1 is 0.504 bits per heavy atom. The van der Waals surface area contributed by atoms with E-state index < -0.39 is 141 Å². The van der Waals surface area contributed by atoms with Crippen LogP contribution in [0.3, 0.4) is 0 Å². The minimum absolute atomic E-state index is 0.000485. The van der Waals surface area contributed by atoms with Crippen LogP contribution >= 0.6 is 39.7 Å². The van der Waals surface area contributed by atoms with Crippen molar-refractivity contribution >= 4 is 103 Å². The van der Waals surface area contributed by atoms with Gasteiger partial charge in [0.25, 0.3) is 0 Å². The number of alkyl carbamates (subject to hydrolysis) is 1. The number of aliphatic imine (C=N–C) groups is 1. The third kappa shape index (κ3) is 24.1. The average Bonchev–Trinajstić information content (AvgIpc) is 1.65. The number of ether oxygens (including phenoxy) is 2. The zero-order chi connectivity index (χ0) is 90.7. The van der Waals surface area contributed by atoms with Gasteiger partial charge in [0.15, 0.2) is 11.6 Å². The van der Waals surface area contributed by atoms with Gasteiger partial charge in [-0.15, -0.1) is 0 Å². The van der Waals surface area contributed by atoms with Crippen LogP contribution in [0.1, 0.15) is 129 Å². The van der Waals surface area contributed by atoms with Crippen molar-refractivity contribution in [3.8, 4) is 57.0 Å². The number of anilines is 2. The summed E-state index contributed by atoms with van der Waals surface area (Å²) in [5, 5.41) is 26.9. The number of alkyl halides is 18. The number of nitrogens with one attached hydrogen (secondary N) is 3. The number of carbonyl (C=O) groups excluding carboxylic acids is 4. The molecule has 0 radical (unpaired) electrons. The number of Topliss-reactive ketones (excluding diaryl/α,β-unsaturated/α-hetero) is 1. The quantitative estimate of drug-likeness (QED) is 0.0566. The van der Waals surface area contributed by atoms with Gasteiger partial charge in [0.1, 0.15) is 22.7 Å². The molecule has 16 nitrogen and oxygen atoms in total. The summed E-state index contributed by atoms with van der Waals surface area (Å²) in [5.41, 5.74) is -9.03. The van der Waals surface area contributed by atoms with E-state index in [-0.39, 0.29) is 80.5 Å². The zero-order valence-electron chi connectivity index (χ0n) is 64.4. The first-order valence-electron chi connectivity index (χ1n) is 36.0. The van der Waals surface area contributed by atoms with Gasteiger partial charge in [-0.3, -0.25) is 14.5 Å². The molecule has 10 aromatic rings. The number of carbonyl (C=O) groups is 4. The van der Waals surface area contributed by atoms with E-state index in [1.165, 1.54) is 79.0 Å². The molecule has 13 rings (SSSR count). The first kappa shape index (κ1) is 93.3. The highest BCUT2D eigenvalue weighted by Gasteiger charge is 2.44. The molecule has 3 aliphatic rings. The Labute approximate surface area is 704 Å². The predicted molar refractivity (Wildman–Crippen MR) is 426 cm³/mol. The first-order valence-corrected chi connectivity index (χ1v) is 39.1. The number of phosphoric ester groups is 1. The van der Waals surface area contributed by atoms with Crippen molar-refractivity contribution in [2.75, 3.05) is 10.6 Å². The smallest absolute Gasteiger partial charge is 0.444 e. The minimum Gasteiger partial charge on any atom is -0.444 e. The Hall–Kier alpha value is -12.0. The van der Waals surface area contributed by atoms with Crippen LogP contribution in [0, 0.1) is 22.7 Å². The number of benzene rings is 10. The van der Waals surface area contributed by atoms with Gasteiger partial charge < -0.3 is 34.5 Å². The molecule has 2 amide bonds. The fourth-order valence-electron chi connectivity index (χ4n) is 12.7. The van der Waals surface area contributed by atoms with Crippen molar-refractivity contribution in [2.24, 2.45) is 4.99 Å². The second-order valence-electron chi connectivity index (χ2n) is 29.3. The third-order valence-corrected chi connectivity index (χ3v) is 20.1. The van der Waals surface area contributed by atoms with Crippen LogP contribution in [0.25, 0.3) is 54.9 Å². The van der Waals surface area contributed by atoms with Crippen molar-refractivity contribution in [3.63, 3.8) is 0 Å². The summed E-state index contributed by atoms with van der Waals surface area (Å²) in [6.07, 6.45) is -27.3. The number of fused-ring (bicyclic) bond motifs is 7. The molecular weight excluding hydrogens is 1810 g/mol. The monoisotopic (exact) mass is 1870 g/mol. The highest BCUT2D eigenvalue weighted by molar-refractivity contribution is 9.10. The van der Waals surface area contributed by atoms with Crippen LogP contribution in [-0.2, 0) is 60.7 Å². The van der Waals surface area contributed by atoms with Crippen molar-refractivity contribution in [1.29, 1.82) is 10.5 Å². The standard InChI is InChI=1S/C36H17F12O4P.C25H23BrF3N3O3.C13H13BrN2O2.C12H10F3NO/c37-33(38,39)21-9-19(10-22(15-21)34(40,41)42)27-13-17-5-1-3-7-25(17)29-30-26-8-4-2-6-18(26)14-28(32(30)52-53(49,50)51-31(27)29)20-11-23(35(43,44)45)16-24(12-20)36(46,47)48;1-24(2,3)35-23(34)32-22(17-8-7-14(13-30)11-18(17)26)21-19(9-10-20(21)33)31-16-6-4-5-15(12-16)25(27,28)29;1-13(2,3)18-12(17)16-8-10-5-4-9(7-15)6-11(10)14;13-12(14,15)8-2-1-3-9(6-8)16-10-4-5-11(17)7-10/h1-16H,(H,49,50);4-8,11-12,22,31H,9-10H2,1-3H3,(H,32,34);4-6,8H,1-3H3;1-3,6-7,16H,4-5H2/t;22-;;/m.1../s1. The normalized spacial score (nSPS) is 14.4. The number of ketones is 2. The summed E-state index contributed by atoms with van der Waals surface area (Å²) in [6, 6.07) is 37.4. The molecule has 1 heterocycles. The number of amides is 2. The first-order chi connectivity index (χ1) is 57.1. The van der Waals surface area contributed by atoms with Crippen LogP contribution in [0.2, 0.25) is 0 Å². The highest BCUT2D eigenvalue weighted by Crippen LogP contribution is 2.62. The van der Waals surface area contributed by atoms with E-state index in [4.69, 9.17) is 23.8 Å². The SMILES string of the molecule is CC(C)(C)OC(=O)N=Cc1ccc(C#N)cc1Br.CC(C)(C)OC(=O)N[C@@H](C1=C(Nc2cccc(C(F)(F)F)c2)CCC1=O)c1ccc(C#N)cc1Br.O=C1C=C(Nc2cccc(C(F)(F)F)c2)CC1.O=P1(O)Oc2c(-c3cc(C(F)(F)F)cc(C(F)(F)F)c3)cc3ccccc3c2-c2c(c(-c3cc(C(F)(F)F)cc(C(F)(F)F)c3)cc3ccccc23)O1. The molecule has 4 N–H and O–H groups in total. The molecule has 642 valence electrons. The van der Waals surface area contributed by atoms with Gasteiger partial charge in [-0.1, -0.05) is 105 Å². The second kappa shape index (κ2) is 36.2. The molecule has 10 aromatic carbocycles. The minimum atomic E-state index is -5.61. The Bertz CT molecular complexity index is 5820. The summed E-state index contributed by atoms with van der Waals surface area (Å²) >= 11 is 6.71. The number of nitriles is 2. The predicted octanol–water partition coefficient (Wildman–Crippen LogP) is 26.6. The fourth-order valence-corrected chi connectivity index (χ4v) is 14.6. The molecule has 0 saturated heterocycles. The topological polar surface area (TPSA) is 239 Å². The highest BCUT2D eigenvalue weighted by atomic mass is 79.9. The summed E-state index contributed by atoms with van der Waals surface area (Å²) < 4.78 is 281. The molecule has 2 aliphatic carbocycles. The van der Waals surface area contributed by atoms with E-state index in [1.807, 2.05) is 12.1 Å². The number of allylic oxidation sites excluding steroid dienone is 3. The molecule has 0 bridgehead atoms. The van der Waals surface area contributed by atoms with E-state index in [9.17, 15) is 113 Å². The molecule has 1 atom stereocenters. The molecule has 37 heteroatoms. The Morgan fingerprint density at radius 3 is 1.34 bits per heavy atom. The van der Waals surface area contributed by atoms with Gasteiger partial charge in [-0.05, 0) is 202 Å². The average molecular weight is 1870 g/mol. The van der Waals surface area contributed by atoms with Crippen LogP contribution in [0.5, 0.6) is 11.5 Å². The number of halogens is 20. The third-order valence-electron chi connectivity index (χ3n) is 17.9. The summed E-state index contributed by atoms with van der Waals surface area (Å²) in [6.45, 7) is 10.4. The van der Waals surface area contributed by atoms with Crippen molar-refractivity contribution in [2.45, 2.75) is 122 Å².